The molecule has 0 spiro atoms. The molecule has 150 valence electrons. The van der Waals surface area contributed by atoms with Crippen LogP contribution in [0.3, 0.4) is 0 Å². The van der Waals surface area contributed by atoms with Crippen molar-refractivity contribution in [3.63, 3.8) is 0 Å². The first-order valence-corrected chi connectivity index (χ1v) is 11.8. The Bertz CT molecular complexity index is 1310. The summed E-state index contributed by atoms with van der Waals surface area (Å²) in [5.41, 5.74) is 1.42. The predicted octanol–water partition coefficient (Wildman–Crippen LogP) is 2.93. The number of aromatic nitrogens is 3. The van der Waals surface area contributed by atoms with Gasteiger partial charge in [0.05, 0.1) is 20.9 Å². The summed E-state index contributed by atoms with van der Waals surface area (Å²) in [7, 11) is -0.639. The lowest BCUT2D eigenvalue weighted by Crippen LogP contribution is -2.22. The molecular weight excluding hydrogens is 430 g/mol. The monoisotopic (exact) mass is 447 g/mol. The minimum absolute atomic E-state index is 0.121. The van der Waals surface area contributed by atoms with Gasteiger partial charge in [0.15, 0.2) is 5.16 Å². The van der Waals surface area contributed by atoms with Gasteiger partial charge in [0.1, 0.15) is 0 Å². The molecule has 2 aromatic heterocycles. The second-order valence-corrected chi connectivity index (χ2v) is 10.4. The van der Waals surface area contributed by atoms with Gasteiger partial charge in [-0.2, -0.15) is 0 Å². The van der Waals surface area contributed by atoms with Gasteiger partial charge in [-0.3, -0.25) is 9.20 Å². The molecule has 0 saturated carbocycles. The number of nitrogens with one attached hydrogen (secondary N) is 1. The first-order valence-electron chi connectivity index (χ1n) is 8.54. The van der Waals surface area contributed by atoms with E-state index < -0.39 is 10.0 Å². The van der Waals surface area contributed by atoms with Crippen LogP contribution in [0.5, 0.6) is 0 Å². The van der Waals surface area contributed by atoms with E-state index in [-0.39, 0.29) is 16.6 Å². The summed E-state index contributed by atoms with van der Waals surface area (Å²) in [5.74, 6) is -0.138. The number of benzene rings is 2. The van der Waals surface area contributed by atoms with E-state index in [1.807, 2.05) is 28.7 Å². The molecule has 0 aliphatic heterocycles. The lowest BCUT2D eigenvalue weighted by molar-refractivity contribution is -0.113. The molecule has 0 unspecified atom stereocenters. The molecule has 0 bridgehead atoms. The van der Waals surface area contributed by atoms with E-state index in [0.29, 0.717) is 10.8 Å². The number of amides is 1. The van der Waals surface area contributed by atoms with E-state index in [0.717, 1.165) is 19.5 Å². The second-order valence-electron chi connectivity index (χ2n) is 6.32. The third kappa shape index (κ3) is 3.86. The Morgan fingerprint density at radius 3 is 2.76 bits per heavy atom. The van der Waals surface area contributed by atoms with Crippen LogP contribution in [0.4, 0.5) is 5.69 Å². The molecule has 1 amide bonds. The van der Waals surface area contributed by atoms with Crippen molar-refractivity contribution in [1.82, 2.24) is 18.9 Å². The Labute approximate surface area is 175 Å². The highest BCUT2D eigenvalue weighted by atomic mass is 32.2. The highest BCUT2D eigenvalue weighted by Gasteiger charge is 2.18. The Kier molecular flexibility index (Phi) is 5.30. The number of carbonyl (C=O) groups is 1. The summed E-state index contributed by atoms with van der Waals surface area (Å²) in [6.07, 6.45) is 0. The number of carbonyl (C=O) groups excluding carboxylic acids is 1. The molecule has 0 saturated heterocycles. The smallest absolute Gasteiger partial charge is 0.242 e. The van der Waals surface area contributed by atoms with Crippen molar-refractivity contribution in [2.45, 2.75) is 10.1 Å². The molecule has 29 heavy (non-hydrogen) atoms. The standard InChI is InChI=1S/C18H17N5O3S3/c1-22(2)29(25,26)13-7-5-6-12(10-13)19-16(24)11-27-17-20-21-18-23(17)14-8-3-4-9-15(14)28-18/h3-10H,11H2,1-2H3,(H,19,24). The number of para-hydroxylation sites is 1. The second kappa shape index (κ2) is 7.75. The number of sulfonamides is 1. The number of fused-ring (bicyclic) bond motifs is 3. The molecule has 0 radical (unpaired) electrons. The summed E-state index contributed by atoms with van der Waals surface area (Å²) in [6.45, 7) is 0. The summed E-state index contributed by atoms with van der Waals surface area (Å²) in [4.78, 5) is 13.3. The largest absolute Gasteiger partial charge is 0.325 e. The predicted molar refractivity (Wildman–Crippen MR) is 115 cm³/mol. The molecule has 2 aromatic carbocycles. The van der Waals surface area contributed by atoms with Gasteiger partial charge < -0.3 is 5.32 Å². The molecular formula is C18H17N5O3S3. The average molecular weight is 448 g/mol. The number of thioether (sulfide) groups is 1. The molecule has 0 fully saturated rings. The lowest BCUT2D eigenvalue weighted by Gasteiger charge is -2.12. The van der Waals surface area contributed by atoms with Crippen LogP contribution < -0.4 is 5.32 Å². The lowest BCUT2D eigenvalue weighted by atomic mass is 10.3. The maximum atomic E-state index is 12.4. The SMILES string of the molecule is CN(C)S(=O)(=O)c1cccc(NC(=O)CSc2nnc3sc4ccccc4n23)c1. The zero-order valence-corrected chi connectivity index (χ0v) is 18.0. The first kappa shape index (κ1) is 19.8. The number of thiazole rings is 1. The molecule has 4 aromatic rings. The quantitative estimate of drug-likeness (QED) is 0.457. The summed E-state index contributed by atoms with van der Waals surface area (Å²) in [6, 6.07) is 14.1. The molecule has 0 aliphatic rings. The summed E-state index contributed by atoms with van der Waals surface area (Å²) in [5, 5.41) is 11.7. The van der Waals surface area contributed by atoms with Crippen LogP contribution in [-0.2, 0) is 14.8 Å². The first-order chi connectivity index (χ1) is 13.9. The molecule has 4 rings (SSSR count). The van der Waals surface area contributed by atoms with Crippen molar-refractivity contribution in [3.8, 4) is 0 Å². The van der Waals surface area contributed by atoms with Gasteiger partial charge in [-0.05, 0) is 30.3 Å². The molecule has 1 N–H and O–H groups in total. The fourth-order valence-corrected chi connectivity index (χ4v) is 5.44. The number of anilines is 1. The molecule has 11 heteroatoms. The fraction of sp³-hybridized carbons (Fsp3) is 0.167. The summed E-state index contributed by atoms with van der Waals surface area (Å²) < 4.78 is 28.7. The highest BCUT2D eigenvalue weighted by molar-refractivity contribution is 7.99. The van der Waals surface area contributed by atoms with Crippen molar-refractivity contribution < 1.29 is 13.2 Å². The van der Waals surface area contributed by atoms with E-state index >= 15 is 0 Å². The van der Waals surface area contributed by atoms with Crippen molar-refractivity contribution in [2.75, 3.05) is 25.2 Å². The fourth-order valence-electron chi connectivity index (χ4n) is 2.72. The average Bonchev–Trinajstić information content (AvgIpc) is 3.25. The van der Waals surface area contributed by atoms with Crippen LogP contribution in [0.2, 0.25) is 0 Å². The van der Waals surface area contributed by atoms with Crippen molar-refractivity contribution in [1.29, 1.82) is 0 Å². The van der Waals surface area contributed by atoms with Gasteiger partial charge in [-0.1, -0.05) is 41.3 Å². The van der Waals surface area contributed by atoms with Crippen molar-refractivity contribution in [2.24, 2.45) is 0 Å². The summed E-state index contributed by atoms with van der Waals surface area (Å²) >= 11 is 2.82. The van der Waals surface area contributed by atoms with Crippen LogP contribution in [0, 0.1) is 0 Å². The van der Waals surface area contributed by atoms with E-state index in [1.165, 1.54) is 38.0 Å². The van der Waals surface area contributed by atoms with E-state index in [2.05, 4.69) is 15.5 Å². The zero-order chi connectivity index (χ0) is 20.6. The molecule has 0 atom stereocenters. The van der Waals surface area contributed by atoms with Crippen LogP contribution in [0.15, 0.2) is 58.6 Å². The van der Waals surface area contributed by atoms with Gasteiger partial charge in [-0.15, -0.1) is 10.2 Å². The normalized spacial score (nSPS) is 12.1. The molecule has 0 aliphatic carbocycles. The number of hydrogen-bond acceptors (Lipinski definition) is 7. The third-order valence-corrected chi connectivity index (χ3v) is 7.89. The van der Waals surface area contributed by atoms with E-state index in [4.69, 9.17) is 0 Å². The highest BCUT2D eigenvalue weighted by Crippen LogP contribution is 2.29. The maximum Gasteiger partial charge on any atom is 0.242 e. The number of nitrogens with zero attached hydrogens (tertiary/aromatic N) is 4. The Balaban J connectivity index is 1.48. The molecule has 2 heterocycles. The van der Waals surface area contributed by atoms with Crippen molar-refractivity contribution >= 4 is 59.9 Å². The topological polar surface area (TPSA) is 96.7 Å². The Morgan fingerprint density at radius 1 is 1.17 bits per heavy atom. The van der Waals surface area contributed by atoms with Crippen LogP contribution in [0.25, 0.3) is 15.2 Å². The van der Waals surface area contributed by atoms with Gasteiger partial charge >= 0.3 is 0 Å². The Hall–Kier alpha value is -2.47. The van der Waals surface area contributed by atoms with Gasteiger partial charge in [0.2, 0.25) is 20.9 Å². The van der Waals surface area contributed by atoms with Crippen molar-refractivity contribution in [3.05, 3.63) is 48.5 Å². The Morgan fingerprint density at radius 2 is 1.97 bits per heavy atom. The van der Waals surface area contributed by atoms with Crippen LogP contribution in [0.1, 0.15) is 0 Å². The number of hydrogen-bond donors (Lipinski definition) is 1. The van der Waals surface area contributed by atoms with E-state index in [1.54, 1.807) is 23.5 Å². The van der Waals surface area contributed by atoms with Gasteiger partial charge in [0.25, 0.3) is 0 Å². The van der Waals surface area contributed by atoms with Gasteiger partial charge in [0, 0.05) is 19.8 Å². The molecule has 8 nitrogen and oxygen atoms in total. The van der Waals surface area contributed by atoms with E-state index in [9.17, 15) is 13.2 Å². The van der Waals surface area contributed by atoms with Crippen LogP contribution >= 0.6 is 23.1 Å². The van der Waals surface area contributed by atoms with Crippen LogP contribution in [-0.4, -0.2) is 53.1 Å². The number of rotatable bonds is 6. The minimum Gasteiger partial charge on any atom is -0.325 e. The third-order valence-electron chi connectivity index (χ3n) is 4.14. The van der Waals surface area contributed by atoms with Gasteiger partial charge in [-0.25, -0.2) is 12.7 Å². The zero-order valence-electron chi connectivity index (χ0n) is 15.6. The minimum atomic E-state index is -3.57. The maximum absolute atomic E-state index is 12.4.